The van der Waals surface area contributed by atoms with E-state index in [-0.39, 0.29) is 20.6 Å². The van der Waals surface area contributed by atoms with Crippen LogP contribution in [-0.2, 0) is 63.1 Å². The van der Waals surface area contributed by atoms with Crippen molar-refractivity contribution in [2.75, 3.05) is 79.8 Å². The molecule has 18 nitrogen and oxygen atoms in total. The van der Waals surface area contributed by atoms with E-state index in [0.717, 1.165) is 123 Å². The third-order valence-electron chi connectivity index (χ3n) is 14.9. The summed E-state index contributed by atoms with van der Waals surface area (Å²) in [4.78, 5) is 57.3. The SMILES string of the molecule is C.C=CCOOCCCCCCOc1ccc(COOc2ccc(OC(=O)c3ccc(COCCCOCCCOC)cc3)cc2C)cc1.Cc1cc(OC(=O)c2ccc(OCCCCCCC3CO3)cc2)ccc1OOCc1ccc(OCCCCCCC2CO2)cc1. The second kappa shape index (κ2) is 45.9. The van der Waals surface area contributed by atoms with Crippen LogP contribution in [0.4, 0.5) is 0 Å². The Bertz CT molecular complexity index is 3000. The summed E-state index contributed by atoms with van der Waals surface area (Å²) in [5.74, 6) is 3.48. The zero-order valence-electron chi connectivity index (χ0n) is 54.7. The van der Waals surface area contributed by atoms with Gasteiger partial charge in [0, 0.05) is 33.5 Å². The van der Waals surface area contributed by atoms with Gasteiger partial charge in [-0.1, -0.05) is 94.8 Å². The van der Waals surface area contributed by atoms with Crippen LogP contribution in [0.1, 0.15) is 159 Å². The van der Waals surface area contributed by atoms with Crippen molar-refractivity contribution in [3.63, 3.8) is 0 Å². The van der Waals surface area contributed by atoms with Gasteiger partial charge in [0.25, 0.3) is 0 Å². The highest BCUT2D eigenvalue weighted by Crippen LogP contribution is 2.28. The van der Waals surface area contributed by atoms with Crippen LogP contribution in [0.25, 0.3) is 0 Å². The first-order valence-corrected chi connectivity index (χ1v) is 32.9. The van der Waals surface area contributed by atoms with Crippen molar-refractivity contribution in [1.29, 1.82) is 0 Å². The standard InChI is InChI=1S/C38H50O10.C37H46O8.CH4/c1-4-21-44-45-27-8-6-5-7-26-43-35-17-13-33(14-18-35)30-46-48-37-20-19-36(28-31(37)2)47-38(39)34-15-11-32(12-16-34)29-42-25-10-24-41-23-9-22-40-3;1-28-24-33(44-37(38)30-14-18-32(19-15-30)40-23-9-5-3-7-11-35-27-42-35)20-21-36(28)45-43-25-29-12-16-31(17-13-29)39-22-8-4-2-6-10-34-26-41-34;/h4,11-20,28H,1,5-10,21-27,29-30H2,2-3H3;12-21,24,34-35H,2-11,22-23,25-27H2,1H3;1H4. The van der Waals surface area contributed by atoms with Crippen molar-refractivity contribution in [2.45, 2.75) is 156 Å². The van der Waals surface area contributed by atoms with E-state index < -0.39 is 11.9 Å². The molecule has 18 heteroatoms. The smallest absolute Gasteiger partial charge is 0.343 e. The molecule has 6 aromatic carbocycles. The number of carbonyl (C=O) groups is 2. The lowest BCUT2D eigenvalue weighted by Crippen LogP contribution is -2.09. The number of hydrogen-bond acceptors (Lipinski definition) is 18. The van der Waals surface area contributed by atoms with Crippen LogP contribution in [0.5, 0.6) is 40.2 Å². The molecule has 94 heavy (non-hydrogen) atoms. The van der Waals surface area contributed by atoms with E-state index in [4.69, 9.17) is 76.7 Å². The van der Waals surface area contributed by atoms with E-state index >= 15 is 0 Å². The van der Waals surface area contributed by atoms with Gasteiger partial charge in [0.2, 0.25) is 0 Å². The summed E-state index contributed by atoms with van der Waals surface area (Å²) in [6.07, 6.45) is 20.1. The van der Waals surface area contributed by atoms with Crippen molar-refractivity contribution in [3.8, 4) is 40.2 Å². The predicted molar refractivity (Wildman–Crippen MR) is 360 cm³/mol. The number of aryl methyl sites for hydroxylation is 2. The highest BCUT2D eigenvalue weighted by molar-refractivity contribution is 5.91. The van der Waals surface area contributed by atoms with Crippen LogP contribution in [0.3, 0.4) is 0 Å². The molecule has 0 radical (unpaired) electrons. The molecule has 2 unspecified atom stereocenters. The Labute approximate surface area is 557 Å². The molecule has 6 aromatic rings. The summed E-state index contributed by atoms with van der Waals surface area (Å²) in [5, 5.41) is 0. The van der Waals surface area contributed by atoms with Gasteiger partial charge < -0.3 is 57.1 Å². The molecule has 0 aliphatic carbocycles. The number of hydrogen-bond donors (Lipinski definition) is 0. The third-order valence-corrected chi connectivity index (χ3v) is 14.9. The van der Waals surface area contributed by atoms with E-state index in [2.05, 4.69) is 6.58 Å². The minimum atomic E-state index is -0.444. The van der Waals surface area contributed by atoms with Gasteiger partial charge in [0.1, 0.15) is 48.6 Å². The van der Waals surface area contributed by atoms with Crippen molar-refractivity contribution >= 4 is 11.9 Å². The number of unbranched alkanes of at least 4 members (excludes halogenated alkanes) is 9. The Hall–Kier alpha value is -7.36. The molecule has 0 bridgehead atoms. The second-order valence-corrected chi connectivity index (χ2v) is 22.9. The van der Waals surface area contributed by atoms with E-state index in [1.807, 2.05) is 74.5 Å². The maximum atomic E-state index is 12.7. The molecule has 2 aliphatic rings. The summed E-state index contributed by atoms with van der Waals surface area (Å²) in [7, 11) is 1.68. The third kappa shape index (κ3) is 32.2. The molecule has 0 aromatic heterocycles. The molecule has 0 N–H and O–H groups in total. The van der Waals surface area contributed by atoms with Gasteiger partial charge in [0.05, 0.1) is 69.6 Å². The lowest BCUT2D eigenvalue weighted by Gasteiger charge is -2.11. The quantitative estimate of drug-likeness (QED) is 0.00666. The van der Waals surface area contributed by atoms with Crippen LogP contribution in [0, 0.1) is 13.8 Å². The fraction of sp³-hybridized carbons (Fsp3) is 0.474. The van der Waals surface area contributed by atoms with E-state index in [0.29, 0.717) is 106 Å². The molecule has 512 valence electrons. The lowest BCUT2D eigenvalue weighted by atomic mass is 10.1. The maximum absolute atomic E-state index is 12.7. The van der Waals surface area contributed by atoms with Gasteiger partial charge in [0.15, 0.2) is 11.5 Å². The highest BCUT2D eigenvalue weighted by atomic mass is 17.2. The Morgan fingerprint density at radius 3 is 1.24 bits per heavy atom. The van der Waals surface area contributed by atoms with Crippen molar-refractivity contribution in [1.82, 2.24) is 0 Å². The summed E-state index contributed by atoms with van der Waals surface area (Å²) >= 11 is 0. The van der Waals surface area contributed by atoms with E-state index in [9.17, 15) is 9.59 Å². The average molecular weight is 1300 g/mol. The van der Waals surface area contributed by atoms with Gasteiger partial charge in [-0.05, 0) is 197 Å². The lowest BCUT2D eigenvalue weighted by molar-refractivity contribution is -0.286. The highest BCUT2D eigenvalue weighted by Gasteiger charge is 2.22. The molecule has 2 heterocycles. The van der Waals surface area contributed by atoms with Gasteiger partial charge in [-0.3, -0.25) is 0 Å². The molecular weight excluding hydrogens is 1200 g/mol. The fourth-order valence-corrected chi connectivity index (χ4v) is 9.33. The number of methoxy groups -OCH3 is 1. The number of rotatable bonds is 49. The normalized spacial score (nSPS) is 13.6. The first-order valence-electron chi connectivity index (χ1n) is 32.9. The van der Waals surface area contributed by atoms with Crippen LogP contribution in [0.2, 0.25) is 0 Å². The maximum Gasteiger partial charge on any atom is 0.343 e. The average Bonchev–Trinajstić information content (AvgIpc) is 1.42. The Kier molecular flexibility index (Phi) is 36.9. The van der Waals surface area contributed by atoms with Crippen LogP contribution >= 0.6 is 0 Å². The van der Waals surface area contributed by atoms with Gasteiger partial charge >= 0.3 is 11.9 Å². The summed E-state index contributed by atoms with van der Waals surface area (Å²) in [5.41, 5.74) is 5.36. The number of esters is 2. The monoisotopic (exact) mass is 1300 g/mol. The van der Waals surface area contributed by atoms with E-state index in [1.165, 1.54) is 44.9 Å². The van der Waals surface area contributed by atoms with Crippen molar-refractivity contribution < 1.29 is 86.3 Å². The zero-order chi connectivity index (χ0) is 65.2. The Morgan fingerprint density at radius 2 is 0.809 bits per heavy atom. The van der Waals surface area contributed by atoms with E-state index in [1.54, 1.807) is 86.0 Å². The molecule has 2 fully saturated rings. The number of epoxide rings is 2. The Morgan fingerprint density at radius 1 is 0.426 bits per heavy atom. The first kappa shape index (κ1) is 75.7. The second-order valence-electron chi connectivity index (χ2n) is 22.9. The number of carbonyl (C=O) groups excluding carboxylic acids is 2. The van der Waals surface area contributed by atoms with Gasteiger partial charge in [-0.2, -0.15) is 9.78 Å². The predicted octanol–water partition coefficient (Wildman–Crippen LogP) is 16.6. The van der Waals surface area contributed by atoms with Crippen molar-refractivity contribution in [2.24, 2.45) is 0 Å². The molecule has 2 aliphatic heterocycles. The molecule has 0 spiro atoms. The fourth-order valence-electron chi connectivity index (χ4n) is 9.33. The van der Waals surface area contributed by atoms with Crippen LogP contribution in [0.15, 0.2) is 146 Å². The molecule has 2 atom stereocenters. The largest absolute Gasteiger partial charge is 0.494 e. The van der Waals surface area contributed by atoms with Crippen molar-refractivity contribution in [3.05, 3.63) is 185 Å². The van der Waals surface area contributed by atoms with Crippen LogP contribution in [-0.4, -0.2) is 104 Å². The molecule has 2 saturated heterocycles. The molecular formula is C76H100O18. The minimum Gasteiger partial charge on any atom is -0.494 e. The molecule has 0 amide bonds. The zero-order valence-corrected chi connectivity index (χ0v) is 54.7. The summed E-state index contributed by atoms with van der Waals surface area (Å²) in [6, 6.07) is 40.1. The summed E-state index contributed by atoms with van der Waals surface area (Å²) in [6.45, 7) is 15.9. The van der Waals surface area contributed by atoms with Crippen LogP contribution < -0.4 is 33.5 Å². The minimum absolute atomic E-state index is 0. The molecule has 0 saturated carbocycles. The topological polar surface area (TPSA) is 188 Å². The Balaban J connectivity index is 0.000000295. The summed E-state index contributed by atoms with van der Waals surface area (Å²) < 4.78 is 55.4. The number of benzene rings is 6. The van der Waals surface area contributed by atoms with Gasteiger partial charge in [-0.25, -0.2) is 19.4 Å². The molecule has 8 rings (SSSR count). The first-order chi connectivity index (χ1) is 45.7. The van der Waals surface area contributed by atoms with Gasteiger partial charge in [-0.15, -0.1) is 6.58 Å². The number of ether oxygens (including phenoxy) is 10.